The summed E-state index contributed by atoms with van der Waals surface area (Å²) in [6, 6.07) is 6.38. The van der Waals surface area contributed by atoms with Crippen LogP contribution in [-0.4, -0.2) is 0 Å². The average Bonchev–Trinajstić information content (AvgIpc) is 2.46. The summed E-state index contributed by atoms with van der Waals surface area (Å²) >= 11 is 3.45. The molecular formula is C10H11BrO. The SMILES string of the molecule is CCC1OCc2cc(Br)ccc21. The quantitative estimate of drug-likeness (QED) is 0.714. The van der Waals surface area contributed by atoms with Gasteiger partial charge in [0.2, 0.25) is 0 Å². The highest BCUT2D eigenvalue weighted by Gasteiger charge is 2.20. The predicted molar refractivity (Wildman–Crippen MR) is 52.0 cm³/mol. The molecule has 1 atom stereocenters. The lowest BCUT2D eigenvalue weighted by atomic mass is 10.0. The molecule has 1 aromatic rings. The van der Waals surface area contributed by atoms with E-state index >= 15 is 0 Å². The van der Waals surface area contributed by atoms with Crippen LogP contribution in [0.3, 0.4) is 0 Å². The Balaban J connectivity index is 2.40. The third-order valence-electron chi connectivity index (χ3n) is 2.26. The Hall–Kier alpha value is -0.340. The summed E-state index contributed by atoms with van der Waals surface area (Å²) in [5.74, 6) is 0. The smallest absolute Gasteiger partial charge is 0.0830 e. The van der Waals surface area contributed by atoms with Gasteiger partial charge in [-0.25, -0.2) is 0 Å². The van der Waals surface area contributed by atoms with Gasteiger partial charge >= 0.3 is 0 Å². The Morgan fingerprint density at radius 1 is 1.58 bits per heavy atom. The molecule has 0 fully saturated rings. The molecule has 1 heterocycles. The largest absolute Gasteiger partial charge is 0.369 e. The fourth-order valence-electron chi connectivity index (χ4n) is 1.63. The van der Waals surface area contributed by atoms with Crippen LogP contribution < -0.4 is 0 Å². The van der Waals surface area contributed by atoms with Gasteiger partial charge in [-0.3, -0.25) is 0 Å². The summed E-state index contributed by atoms with van der Waals surface area (Å²) in [6.45, 7) is 2.93. The van der Waals surface area contributed by atoms with Crippen LogP contribution >= 0.6 is 15.9 Å². The fraction of sp³-hybridized carbons (Fsp3) is 0.400. The van der Waals surface area contributed by atoms with Crippen molar-refractivity contribution < 1.29 is 4.74 Å². The maximum absolute atomic E-state index is 5.61. The number of fused-ring (bicyclic) bond motifs is 1. The van der Waals surface area contributed by atoms with E-state index in [0.29, 0.717) is 6.10 Å². The van der Waals surface area contributed by atoms with Crippen molar-refractivity contribution in [2.24, 2.45) is 0 Å². The molecule has 0 aliphatic carbocycles. The van der Waals surface area contributed by atoms with E-state index in [4.69, 9.17) is 4.74 Å². The zero-order valence-corrected chi connectivity index (χ0v) is 8.60. The molecule has 0 radical (unpaired) electrons. The minimum absolute atomic E-state index is 0.327. The Labute approximate surface area is 80.9 Å². The summed E-state index contributed by atoms with van der Waals surface area (Å²) in [6.07, 6.45) is 1.39. The molecule has 0 saturated carbocycles. The fourth-order valence-corrected chi connectivity index (χ4v) is 2.04. The molecule has 0 N–H and O–H groups in total. The third-order valence-corrected chi connectivity index (χ3v) is 2.76. The molecule has 1 nitrogen and oxygen atoms in total. The molecule has 0 bridgehead atoms. The van der Waals surface area contributed by atoms with Crippen molar-refractivity contribution in [1.82, 2.24) is 0 Å². The molecule has 1 aliphatic rings. The number of ether oxygens (including phenoxy) is 1. The Morgan fingerprint density at radius 3 is 3.17 bits per heavy atom. The summed E-state index contributed by atoms with van der Waals surface area (Å²) < 4.78 is 6.75. The first-order valence-corrected chi connectivity index (χ1v) is 5.00. The Bertz CT molecular complexity index is 296. The van der Waals surface area contributed by atoms with Crippen molar-refractivity contribution >= 4 is 15.9 Å². The molecule has 0 saturated heterocycles. The van der Waals surface area contributed by atoms with Crippen molar-refractivity contribution in [3.05, 3.63) is 33.8 Å². The molecule has 1 aromatic carbocycles. The summed E-state index contributed by atoms with van der Waals surface area (Å²) in [5, 5.41) is 0. The van der Waals surface area contributed by atoms with E-state index in [2.05, 4.69) is 41.1 Å². The van der Waals surface area contributed by atoms with Gasteiger partial charge < -0.3 is 4.74 Å². The van der Waals surface area contributed by atoms with Crippen LogP contribution in [0.1, 0.15) is 30.6 Å². The lowest BCUT2D eigenvalue weighted by Gasteiger charge is -2.06. The number of hydrogen-bond donors (Lipinski definition) is 0. The maximum Gasteiger partial charge on any atom is 0.0830 e. The number of benzene rings is 1. The maximum atomic E-state index is 5.61. The monoisotopic (exact) mass is 226 g/mol. The van der Waals surface area contributed by atoms with Gasteiger partial charge in [0.1, 0.15) is 0 Å². The summed E-state index contributed by atoms with van der Waals surface area (Å²) in [5.41, 5.74) is 2.69. The van der Waals surface area contributed by atoms with E-state index in [-0.39, 0.29) is 0 Å². The summed E-state index contributed by atoms with van der Waals surface area (Å²) in [4.78, 5) is 0. The van der Waals surface area contributed by atoms with Gasteiger partial charge in [-0.2, -0.15) is 0 Å². The van der Waals surface area contributed by atoms with E-state index in [0.717, 1.165) is 17.5 Å². The molecule has 0 amide bonds. The zero-order valence-electron chi connectivity index (χ0n) is 7.01. The van der Waals surface area contributed by atoms with E-state index in [1.807, 2.05) is 0 Å². The first-order chi connectivity index (χ1) is 5.81. The van der Waals surface area contributed by atoms with Crippen LogP contribution in [0.25, 0.3) is 0 Å². The first-order valence-electron chi connectivity index (χ1n) is 4.21. The number of rotatable bonds is 1. The van der Waals surface area contributed by atoms with Gasteiger partial charge in [0.25, 0.3) is 0 Å². The van der Waals surface area contributed by atoms with Gasteiger partial charge in [0.05, 0.1) is 12.7 Å². The van der Waals surface area contributed by atoms with E-state index in [9.17, 15) is 0 Å². The second kappa shape index (κ2) is 3.19. The zero-order chi connectivity index (χ0) is 8.55. The van der Waals surface area contributed by atoms with Crippen LogP contribution in [0, 0.1) is 0 Å². The Kier molecular flexibility index (Phi) is 2.20. The number of hydrogen-bond acceptors (Lipinski definition) is 1. The second-order valence-electron chi connectivity index (χ2n) is 3.05. The van der Waals surface area contributed by atoms with Crippen LogP contribution in [0.2, 0.25) is 0 Å². The van der Waals surface area contributed by atoms with Crippen LogP contribution in [-0.2, 0) is 11.3 Å². The topological polar surface area (TPSA) is 9.23 Å². The molecule has 12 heavy (non-hydrogen) atoms. The molecule has 2 heteroatoms. The molecule has 64 valence electrons. The standard InChI is InChI=1S/C10H11BrO/c1-2-10-9-4-3-8(11)5-7(9)6-12-10/h3-5,10H,2,6H2,1H3. The molecule has 0 aromatic heterocycles. The van der Waals surface area contributed by atoms with E-state index in [1.54, 1.807) is 0 Å². The lowest BCUT2D eigenvalue weighted by Crippen LogP contribution is -1.91. The molecular weight excluding hydrogens is 216 g/mol. The minimum Gasteiger partial charge on any atom is -0.369 e. The Morgan fingerprint density at radius 2 is 2.42 bits per heavy atom. The average molecular weight is 227 g/mol. The second-order valence-corrected chi connectivity index (χ2v) is 3.97. The normalized spacial score (nSPS) is 21.0. The van der Waals surface area contributed by atoms with Crippen LogP contribution in [0.4, 0.5) is 0 Å². The molecule has 0 spiro atoms. The lowest BCUT2D eigenvalue weighted by molar-refractivity contribution is 0.0636. The predicted octanol–water partition coefficient (Wildman–Crippen LogP) is 3.43. The van der Waals surface area contributed by atoms with E-state index < -0.39 is 0 Å². The van der Waals surface area contributed by atoms with Crippen molar-refractivity contribution in [3.8, 4) is 0 Å². The van der Waals surface area contributed by atoms with Crippen molar-refractivity contribution in [2.75, 3.05) is 0 Å². The van der Waals surface area contributed by atoms with Gasteiger partial charge in [0, 0.05) is 4.47 Å². The first kappa shape index (κ1) is 8.27. The third kappa shape index (κ3) is 1.29. The van der Waals surface area contributed by atoms with Crippen LogP contribution in [0.5, 0.6) is 0 Å². The highest BCUT2D eigenvalue weighted by Crippen LogP contribution is 2.34. The molecule has 1 aliphatic heterocycles. The highest BCUT2D eigenvalue weighted by molar-refractivity contribution is 9.10. The highest BCUT2D eigenvalue weighted by atomic mass is 79.9. The van der Waals surface area contributed by atoms with Crippen molar-refractivity contribution in [3.63, 3.8) is 0 Å². The molecule has 2 rings (SSSR count). The minimum atomic E-state index is 0.327. The van der Waals surface area contributed by atoms with Gasteiger partial charge in [-0.15, -0.1) is 0 Å². The van der Waals surface area contributed by atoms with Crippen molar-refractivity contribution in [2.45, 2.75) is 26.1 Å². The number of halogens is 1. The van der Waals surface area contributed by atoms with Gasteiger partial charge in [0.15, 0.2) is 0 Å². The van der Waals surface area contributed by atoms with Gasteiger partial charge in [-0.1, -0.05) is 28.9 Å². The van der Waals surface area contributed by atoms with E-state index in [1.165, 1.54) is 11.1 Å². The summed E-state index contributed by atoms with van der Waals surface area (Å²) in [7, 11) is 0. The van der Waals surface area contributed by atoms with Crippen LogP contribution in [0.15, 0.2) is 22.7 Å². The van der Waals surface area contributed by atoms with Gasteiger partial charge in [-0.05, 0) is 29.7 Å². The molecule has 1 unspecified atom stereocenters. The van der Waals surface area contributed by atoms with Crippen molar-refractivity contribution in [1.29, 1.82) is 0 Å².